The molecule has 0 radical (unpaired) electrons. The van der Waals surface area contributed by atoms with Crippen molar-refractivity contribution in [3.8, 4) is 0 Å². The van der Waals surface area contributed by atoms with Crippen LogP contribution in [0.3, 0.4) is 0 Å². The summed E-state index contributed by atoms with van der Waals surface area (Å²) in [5.41, 5.74) is 1.57. The molecule has 0 atom stereocenters. The van der Waals surface area contributed by atoms with E-state index in [2.05, 4.69) is 8.97 Å². The summed E-state index contributed by atoms with van der Waals surface area (Å²) in [7, 11) is 0. The Hall–Kier alpha value is -1.68. The van der Waals surface area contributed by atoms with Crippen molar-refractivity contribution in [3.05, 3.63) is 66.0 Å². The third-order valence-electron chi connectivity index (χ3n) is 2.18. The van der Waals surface area contributed by atoms with E-state index in [1.165, 1.54) is 0 Å². The molecule has 0 saturated heterocycles. The third kappa shape index (κ3) is 6.47. The Morgan fingerprint density at radius 2 is 1.90 bits per heavy atom. The number of pyridine rings is 1. The maximum atomic E-state index is 11.2. The standard InChI is InChI=1S/C7H7NO.C7H5O.Mo.H3N2/c9-6-4-7-3-1-2-5-8-7;8-6-7-4-2-1-3-5-7;;1-2/h1-3,5-6H,4H2;1-5H;;1H,2H2/q;;+1;-1. The first-order chi connectivity index (χ1) is 9.77. The molecule has 0 aliphatic rings. The van der Waals surface area contributed by atoms with E-state index in [1.807, 2.05) is 36.4 Å². The Bertz CT molecular complexity index is 520. The number of nitrogens with two attached hydrogens (primary N) is 1. The average molecular weight is 353 g/mol. The zero-order valence-electron chi connectivity index (χ0n) is 10.7. The molecule has 0 saturated carbocycles. The van der Waals surface area contributed by atoms with Gasteiger partial charge in [-0.2, -0.15) is 0 Å². The average Bonchev–Trinajstić information content (AvgIpc) is 2.50. The van der Waals surface area contributed by atoms with Crippen molar-refractivity contribution in [3.63, 3.8) is 0 Å². The number of rotatable bonds is 5. The predicted octanol–water partition coefficient (Wildman–Crippen LogP) is 1.11. The predicted molar refractivity (Wildman–Crippen MR) is 72.1 cm³/mol. The number of nitrogens with one attached hydrogen (secondary N) is 1. The van der Waals surface area contributed by atoms with Crippen LogP contribution in [0.25, 0.3) is 0 Å². The summed E-state index contributed by atoms with van der Waals surface area (Å²) in [4.78, 5) is 25.0. The molecule has 0 aliphatic carbocycles. The van der Waals surface area contributed by atoms with Gasteiger partial charge in [-0.25, -0.2) is 0 Å². The number of hydrazine groups is 1. The van der Waals surface area contributed by atoms with Gasteiger partial charge in [0.2, 0.25) is 0 Å². The second-order valence-electron chi connectivity index (χ2n) is 3.57. The number of nitrogens with zero attached hydrogens (tertiary/aromatic N) is 1. The zero-order chi connectivity index (χ0) is 14.6. The number of benzene rings is 1. The van der Waals surface area contributed by atoms with Crippen molar-refractivity contribution in [2.45, 2.75) is 6.42 Å². The maximum Gasteiger partial charge on any atom is 0.125 e. The maximum absolute atomic E-state index is 11.2. The third-order valence-corrected chi connectivity index (χ3v) is 3.50. The summed E-state index contributed by atoms with van der Waals surface area (Å²) < 4.78 is 2.58. The van der Waals surface area contributed by atoms with Gasteiger partial charge in [0.25, 0.3) is 0 Å². The fourth-order valence-corrected chi connectivity index (χ4v) is 2.18. The molecule has 20 heavy (non-hydrogen) atoms. The van der Waals surface area contributed by atoms with E-state index < -0.39 is 18.8 Å². The Kier molecular flexibility index (Phi) is 8.31. The van der Waals surface area contributed by atoms with Gasteiger partial charge in [0.15, 0.2) is 0 Å². The van der Waals surface area contributed by atoms with Crippen molar-refractivity contribution in [1.29, 1.82) is 0 Å². The van der Waals surface area contributed by atoms with Crippen LogP contribution in [0.2, 0.25) is 0 Å². The van der Waals surface area contributed by atoms with E-state index in [9.17, 15) is 9.59 Å². The van der Waals surface area contributed by atoms with E-state index in [4.69, 9.17) is 5.84 Å². The van der Waals surface area contributed by atoms with E-state index in [-0.39, 0.29) is 4.17 Å². The van der Waals surface area contributed by atoms with Crippen molar-refractivity contribution in [1.82, 2.24) is 8.97 Å². The molecule has 0 bridgehead atoms. The summed E-state index contributed by atoms with van der Waals surface area (Å²) in [6.45, 7) is 0. The Morgan fingerprint density at radius 1 is 1.20 bits per heavy atom. The summed E-state index contributed by atoms with van der Waals surface area (Å²) in [5, 5.41) is 0. The molecule has 0 amide bonds. The number of carbonyl (C=O) groups is 2. The van der Waals surface area contributed by atoms with Crippen molar-refractivity contribution in [2.75, 3.05) is 0 Å². The molecule has 104 valence electrons. The van der Waals surface area contributed by atoms with E-state index in [0.717, 1.165) is 17.5 Å². The Labute approximate surface area is 126 Å². The fourth-order valence-electron chi connectivity index (χ4n) is 1.29. The molecular weight excluding hydrogens is 338 g/mol. The van der Waals surface area contributed by atoms with Gasteiger partial charge in [-0.05, 0) is 12.1 Å². The number of hydrogen-bond donors (Lipinski definition) is 2. The van der Waals surface area contributed by atoms with Gasteiger partial charge in [0.05, 0.1) is 0 Å². The van der Waals surface area contributed by atoms with Gasteiger partial charge < -0.3 is 4.79 Å². The van der Waals surface area contributed by atoms with Crippen LogP contribution in [-0.2, 0) is 30.0 Å². The minimum absolute atomic E-state index is 0.138. The van der Waals surface area contributed by atoms with Gasteiger partial charge in [0.1, 0.15) is 6.29 Å². The van der Waals surface area contributed by atoms with Gasteiger partial charge in [0, 0.05) is 18.3 Å². The van der Waals surface area contributed by atoms with Crippen LogP contribution < -0.4 is 9.83 Å². The molecule has 2 rings (SSSR count). The van der Waals surface area contributed by atoms with Crippen LogP contribution >= 0.6 is 0 Å². The SMILES string of the molecule is N[NH][Mo][C](=O)c1ccccc1.O=CCc1ccccn1. The van der Waals surface area contributed by atoms with Crippen LogP contribution in [-0.4, -0.2) is 15.4 Å². The van der Waals surface area contributed by atoms with E-state index in [1.54, 1.807) is 18.3 Å². The molecule has 6 heteroatoms. The second kappa shape index (κ2) is 10.1. The zero-order valence-corrected chi connectivity index (χ0v) is 12.7. The van der Waals surface area contributed by atoms with Crippen molar-refractivity contribution >= 4 is 10.5 Å². The number of aromatic nitrogens is 1. The number of aldehydes is 1. The van der Waals surface area contributed by atoms with E-state index >= 15 is 0 Å². The van der Waals surface area contributed by atoms with Crippen molar-refractivity contribution < 1.29 is 28.4 Å². The number of hydrogen-bond acceptors (Lipinski definition) is 5. The summed E-state index contributed by atoms with van der Waals surface area (Å²) in [6, 6.07) is 14.7. The van der Waals surface area contributed by atoms with Crippen LogP contribution in [0.1, 0.15) is 16.1 Å². The van der Waals surface area contributed by atoms with E-state index in [0.29, 0.717) is 6.42 Å². The largest absolute Gasteiger partial charge is 0.303 e. The molecule has 0 unspecified atom stereocenters. The molecule has 2 aromatic rings. The minimum atomic E-state index is -0.890. The normalized spacial score (nSPS) is 9.25. The van der Waals surface area contributed by atoms with Crippen LogP contribution in [0.4, 0.5) is 0 Å². The molecule has 1 heterocycles. The van der Waals surface area contributed by atoms with Crippen molar-refractivity contribution in [2.24, 2.45) is 5.84 Å². The van der Waals surface area contributed by atoms with Crippen LogP contribution in [0, 0.1) is 0 Å². The summed E-state index contributed by atoms with van der Waals surface area (Å²) in [6.07, 6.45) is 2.95. The summed E-state index contributed by atoms with van der Waals surface area (Å²) in [5.74, 6) is 5.05. The van der Waals surface area contributed by atoms with Crippen LogP contribution in [0.5, 0.6) is 0 Å². The summed E-state index contributed by atoms with van der Waals surface area (Å²) >= 11 is -0.890. The molecule has 0 fully saturated rings. The smallest absolute Gasteiger partial charge is 0.125 e. The topological polar surface area (TPSA) is 85.1 Å². The molecule has 3 N–H and O–H groups in total. The van der Waals surface area contributed by atoms with Gasteiger partial charge in [-0.3, -0.25) is 4.98 Å². The minimum Gasteiger partial charge on any atom is -0.303 e. The first-order valence-electron chi connectivity index (χ1n) is 5.83. The van der Waals surface area contributed by atoms with Gasteiger partial charge in [-0.15, -0.1) is 0 Å². The molecule has 1 aromatic heterocycles. The Morgan fingerprint density at radius 3 is 2.45 bits per heavy atom. The molecule has 1 aromatic carbocycles. The molecule has 0 aliphatic heterocycles. The molecule has 0 spiro atoms. The number of carbonyl (C=O) groups excluding carboxylic acids is 2. The van der Waals surface area contributed by atoms with Crippen LogP contribution in [0.15, 0.2) is 54.7 Å². The van der Waals surface area contributed by atoms with Gasteiger partial charge in [-0.1, -0.05) is 6.07 Å². The molecular formula is C14H15MoN3O2. The first-order valence-corrected chi connectivity index (χ1v) is 7.84. The Balaban J connectivity index is 0.000000204. The fraction of sp³-hybridized carbons (Fsp3) is 0.0714. The monoisotopic (exact) mass is 355 g/mol. The van der Waals surface area contributed by atoms with Gasteiger partial charge >= 0.3 is 73.5 Å². The first kappa shape index (κ1) is 16.4. The second-order valence-corrected chi connectivity index (χ2v) is 5.56. The molecule has 5 nitrogen and oxygen atoms in total. The quantitative estimate of drug-likeness (QED) is 0.364.